The van der Waals surface area contributed by atoms with Crippen LogP contribution in [-0.2, 0) is 0 Å². The number of imidazole rings is 1. The van der Waals surface area contributed by atoms with Gasteiger partial charge in [0, 0.05) is 12.1 Å². The average molecular weight is 328 g/mol. The van der Waals surface area contributed by atoms with Gasteiger partial charge in [0.15, 0.2) is 5.95 Å². The van der Waals surface area contributed by atoms with Crippen molar-refractivity contribution in [1.82, 2.24) is 9.97 Å². The number of aromatic nitrogens is 2. The number of nitrogen functional groups attached to an aromatic ring is 1. The van der Waals surface area contributed by atoms with Crippen LogP contribution >= 0.6 is 15.9 Å². The molecule has 0 saturated carbocycles. The summed E-state index contributed by atoms with van der Waals surface area (Å²) >= 11 is 3.38. The zero-order valence-electron chi connectivity index (χ0n) is 10.8. The minimum atomic E-state index is 0.307. The van der Waals surface area contributed by atoms with E-state index in [2.05, 4.69) is 25.9 Å². The molecule has 0 spiro atoms. The van der Waals surface area contributed by atoms with Crippen molar-refractivity contribution < 1.29 is 14.2 Å². The number of ether oxygens (including phenoxy) is 3. The minimum Gasteiger partial charge on any atom is -0.496 e. The van der Waals surface area contributed by atoms with Crippen LogP contribution < -0.4 is 19.9 Å². The van der Waals surface area contributed by atoms with Crippen molar-refractivity contribution in [3.63, 3.8) is 0 Å². The van der Waals surface area contributed by atoms with Crippen LogP contribution in [0.4, 0.5) is 5.95 Å². The summed E-state index contributed by atoms with van der Waals surface area (Å²) in [6.45, 7) is 0. The number of aromatic amines is 1. The fourth-order valence-corrected chi connectivity index (χ4v) is 2.26. The number of hydrogen-bond donors (Lipinski definition) is 2. The number of H-pyrrole nitrogens is 1. The molecule has 2 aromatic rings. The van der Waals surface area contributed by atoms with Crippen molar-refractivity contribution in [1.29, 1.82) is 0 Å². The molecule has 3 N–H and O–H groups in total. The quantitative estimate of drug-likeness (QED) is 0.901. The van der Waals surface area contributed by atoms with E-state index in [1.54, 1.807) is 33.5 Å². The van der Waals surface area contributed by atoms with Crippen LogP contribution in [0.3, 0.4) is 0 Å². The number of halogens is 1. The van der Waals surface area contributed by atoms with Gasteiger partial charge in [-0.2, -0.15) is 0 Å². The zero-order valence-corrected chi connectivity index (χ0v) is 12.4. The summed E-state index contributed by atoms with van der Waals surface area (Å²) in [5, 5.41) is 0. The third kappa shape index (κ3) is 2.46. The van der Waals surface area contributed by atoms with E-state index in [0.29, 0.717) is 39.1 Å². The minimum absolute atomic E-state index is 0.307. The fraction of sp³-hybridized carbons (Fsp3) is 0.250. The topological polar surface area (TPSA) is 82.4 Å². The first-order valence-electron chi connectivity index (χ1n) is 5.42. The molecular formula is C12H14BrN3O3. The molecule has 0 bridgehead atoms. The number of nitrogens with two attached hydrogens (primary N) is 1. The predicted octanol–water partition coefficient (Wildman–Crippen LogP) is 2.45. The van der Waals surface area contributed by atoms with E-state index in [0.717, 1.165) is 0 Å². The maximum absolute atomic E-state index is 5.65. The Labute approximate surface area is 119 Å². The molecule has 0 unspecified atom stereocenters. The third-order valence-corrected chi connectivity index (χ3v) is 3.20. The Kier molecular flexibility index (Phi) is 3.84. The third-order valence-electron chi connectivity index (χ3n) is 2.63. The monoisotopic (exact) mass is 327 g/mol. The molecule has 102 valence electrons. The molecule has 0 amide bonds. The molecule has 7 heteroatoms. The predicted molar refractivity (Wildman–Crippen MR) is 75.8 cm³/mol. The van der Waals surface area contributed by atoms with Crippen molar-refractivity contribution in [2.75, 3.05) is 27.1 Å². The van der Waals surface area contributed by atoms with Crippen LogP contribution in [0, 0.1) is 0 Å². The summed E-state index contributed by atoms with van der Waals surface area (Å²) < 4.78 is 16.6. The van der Waals surface area contributed by atoms with Crippen LogP contribution in [0.2, 0.25) is 0 Å². The van der Waals surface area contributed by atoms with Crippen molar-refractivity contribution in [2.24, 2.45) is 0 Å². The molecule has 0 aliphatic carbocycles. The zero-order chi connectivity index (χ0) is 14.0. The summed E-state index contributed by atoms with van der Waals surface area (Å²) in [7, 11) is 4.72. The maximum Gasteiger partial charge on any atom is 0.198 e. The molecule has 0 atom stereocenters. The van der Waals surface area contributed by atoms with E-state index in [1.165, 1.54) is 0 Å². The molecule has 0 radical (unpaired) electrons. The van der Waals surface area contributed by atoms with Gasteiger partial charge >= 0.3 is 0 Å². The molecule has 2 rings (SSSR count). The molecule has 19 heavy (non-hydrogen) atoms. The Morgan fingerprint density at radius 3 is 2.05 bits per heavy atom. The average Bonchev–Trinajstić information content (AvgIpc) is 2.75. The second-order valence-electron chi connectivity index (χ2n) is 3.69. The summed E-state index contributed by atoms with van der Waals surface area (Å²) in [5.41, 5.74) is 6.97. The van der Waals surface area contributed by atoms with Crippen LogP contribution in [0.1, 0.15) is 0 Å². The number of anilines is 1. The number of methoxy groups -OCH3 is 3. The van der Waals surface area contributed by atoms with Gasteiger partial charge in [0.05, 0.1) is 26.9 Å². The molecule has 1 heterocycles. The maximum atomic E-state index is 5.65. The number of hydrogen-bond acceptors (Lipinski definition) is 5. The molecule has 0 saturated heterocycles. The molecule has 1 aromatic carbocycles. The van der Waals surface area contributed by atoms with Crippen molar-refractivity contribution >= 4 is 21.9 Å². The lowest BCUT2D eigenvalue weighted by molar-refractivity contribution is 0.377. The molecule has 0 aliphatic heterocycles. The van der Waals surface area contributed by atoms with Gasteiger partial charge in [0.25, 0.3) is 0 Å². The van der Waals surface area contributed by atoms with Gasteiger partial charge in [-0.25, -0.2) is 4.98 Å². The van der Waals surface area contributed by atoms with Gasteiger partial charge in [-0.3, -0.25) is 0 Å². The standard InChI is InChI=1S/C12H14BrN3O3/c1-17-6-4-7(18-2)9(8(5-6)19-3)10-11(13)16-12(14)15-10/h4-5H,1-3H3,(H3,14,15,16). The number of benzene rings is 1. The largest absolute Gasteiger partial charge is 0.496 e. The van der Waals surface area contributed by atoms with Crippen LogP contribution in [0.25, 0.3) is 11.3 Å². The number of rotatable bonds is 4. The lowest BCUT2D eigenvalue weighted by atomic mass is 10.1. The lowest BCUT2D eigenvalue weighted by Gasteiger charge is -2.13. The highest BCUT2D eigenvalue weighted by atomic mass is 79.9. The second-order valence-corrected chi connectivity index (χ2v) is 4.48. The van der Waals surface area contributed by atoms with E-state index in [-0.39, 0.29) is 0 Å². The van der Waals surface area contributed by atoms with Gasteiger partial charge in [0.1, 0.15) is 27.5 Å². The van der Waals surface area contributed by atoms with Gasteiger partial charge in [-0.05, 0) is 15.9 Å². The fourth-order valence-electron chi connectivity index (χ4n) is 1.77. The van der Waals surface area contributed by atoms with Crippen LogP contribution in [0.5, 0.6) is 17.2 Å². The van der Waals surface area contributed by atoms with E-state index in [9.17, 15) is 0 Å². The molecule has 6 nitrogen and oxygen atoms in total. The van der Waals surface area contributed by atoms with E-state index in [4.69, 9.17) is 19.9 Å². The Morgan fingerprint density at radius 2 is 1.68 bits per heavy atom. The number of nitrogens with one attached hydrogen (secondary N) is 1. The van der Waals surface area contributed by atoms with Gasteiger partial charge < -0.3 is 24.9 Å². The highest BCUT2D eigenvalue weighted by molar-refractivity contribution is 9.10. The lowest BCUT2D eigenvalue weighted by Crippen LogP contribution is -1.96. The second kappa shape index (κ2) is 5.40. The first kappa shape index (κ1) is 13.5. The summed E-state index contributed by atoms with van der Waals surface area (Å²) in [6.07, 6.45) is 0. The van der Waals surface area contributed by atoms with E-state index in [1.807, 2.05) is 0 Å². The smallest absolute Gasteiger partial charge is 0.198 e. The summed E-state index contributed by atoms with van der Waals surface area (Å²) in [6, 6.07) is 3.52. The summed E-state index contributed by atoms with van der Waals surface area (Å²) in [5.74, 6) is 2.12. The van der Waals surface area contributed by atoms with Crippen LogP contribution in [0.15, 0.2) is 16.7 Å². The van der Waals surface area contributed by atoms with Crippen LogP contribution in [-0.4, -0.2) is 31.3 Å². The Balaban J connectivity index is 2.70. The molecule has 0 fully saturated rings. The van der Waals surface area contributed by atoms with Crippen molar-refractivity contribution in [2.45, 2.75) is 0 Å². The Morgan fingerprint density at radius 1 is 1.11 bits per heavy atom. The molecule has 1 aromatic heterocycles. The van der Waals surface area contributed by atoms with Crippen molar-refractivity contribution in [3.05, 3.63) is 16.7 Å². The normalized spacial score (nSPS) is 10.3. The van der Waals surface area contributed by atoms with E-state index < -0.39 is 0 Å². The van der Waals surface area contributed by atoms with Crippen molar-refractivity contribution in [3.8, 4) is 28.5 Å². The highest BCUT2D eigenvalue weighted by Gasteiger charge is 2.20. The van der Waals surface area contributed by atoms with Gasteiger partial charge in [-0.1, -0.05) is 0 Å². The highest BCUT2D eigenvalue weighted by Crippen LogP contribution is 2.43. The number of nitrogens with zero attached hydrogens (tertiary/aromatic N) is 1. The van der Waals surface area contributed by atoms with Gasteiger partial charge in [-0.15, -0.1) is 0 Å². The Bertz CT molecular complexity index is 573. The molecular weight excluding hydrogens is 314 g/mol. The first-order valence-corrected chi connectivity index (χ1v) is 6.21. The summed E-state index contributed by atoms with van der Waals surface area (Å²) in [4.78, 5) is 7.11. The first-order chi connectivity index (χ1) is 9.10. The SMILES string of the molecule is COc1cc(OC)c(-c2nc(N)[nH]c2Br)c(OC)c1. The molecule has 0 aliphatic rings. The van der Waals surface area contributed by atoms with E-state index >= 15 is 0 Å². The Hall–Kier alpha value is -1.89. The van der Waals surface area contributed by atoms with Gasteiger partial charge in [0.2, 0.25) is 0 Å².